The Morgan fingerprint density at radius 2 is 1.96 bits per heavy atom. The normalized spacial score (nSPS) is 18.0. The van der Waals surface area contributed by atoms with E-state index in [0.717, 1.165) is 11.3 Å². The molecule has 0 N–H and O–H groups in total. The molecule has 1 fully saturated rings. The molecule has 130 valence electrons. The zero-order valence-electron chi connectivity index (χ0n) is 13.2. The predicted molar refractivity (Wildman–Crippen MR) is 82.5 cm³/mol. The lowest BCUT2D eigenvalue weighted by Crippen LogP contribution is -2.35. The van der Waals surface area contributed by atoms with Gasteiger partial charge >= 0.3 is 6.36 Å². The number of halogens is 3. The van der Waals surface area contributed by atoms with Gasteiger partial charge < -0.3 is 9.64 Å². The average Bonchev–Trinajstić information content (AvgIpc) is 3.25. The number of fused-ring (bicyclic) bond motifs is 1. The summed E-state index contributed by atoms with van der Waals surface area (Å²) in [5.74, 6) is -0.356. The summed E-state index contributed by atoms with van der Waals surface area (Å²) in [6.45, 7) is 0.929. The van der Waals surface area contributed by atoms with Crippen molar-refractivity contribution in [3.8, 4) is 5.75 Å². The first kappa shape index (κ1) is 15.9. The molecular formula is C18H15F3N2O2. The number of ether oxygens (including phenoxy) is 1. The van der Waals surface area contributed by atoms with Crippen LogP contribution in [0.5, 0.6) is 5.75 Å². The van der Waals surface area contributed by atoms with E-state index >= 15 is 0 Å². The van der Waals surface area contributed by atoms with Gasteiger partial charge in [-0.15, -0.1) is 13.2 Å². The molecule has 4 nitrogen and oxygen atoms in total. The number of alkyl halides is 3. The van der Waals surface area contributed by atoms with Crippen molar-refractivity contribution in [2.75, 3.05) is 0 Å². The maximum Gasteiger partial charge on any atom is 0.573 e. The van der Waals surface area contributed by atoms with E-state index in [1.54, 1.807) is 17.2 Å². The van der Waals surface area contributed by atoms with Gasteiger partial charge in [0.25, 0.3) is 0 Å². The van der Waals surface area contributed by atoms with Crippen molar-refractivity contribution < 1.29 is 22.7 Å². The molecule has 1 saturated carbocycles. The van der Waals surface area contributed by atoms with Crippen LogP contribution in [0.15, 0.2) is 42.6 Å². The Morgan fingerprint density at radius 1 is 1.16 bits per heavy atom. The highest BCUT2D eigenvalue weighted by Crippen LogP contribution is 2.51. The van der Waals surface area contributed by atoms with Gasteiger partial charge in [-0.05, 0) is 42.2 Å². The number of hydrogen-bond donors (Lipinski definition) is 0. The van der Waals surface area contributed by atoms with Crippen LogP contribution in [0.4, 0.5) is 13.2 Å². The van der Waals surface area contributed by atoms with Crippen LogP contribution in [0.2, 0.25) is 0 Å². The number of aromatic nitrogens is 1. The number of carbonyl (C=O) groups excluding carboxylic acids is 1. The molecule has 2 aliphatic rings. The molecule has 1 aromatic carbocycles. The molecule has 7 heteroatoms. The number of benzene rings is 1. The van der Waals surface area contributed by atoms with E-state index < -0.39 is 11.8 Å². The van der Waals surface area contributed by atoms with Crippen LogP contribution in [0.3, 0.4) is 0 Å². The van der Waals surface area contributed by atoms with Crippen molar-refractivity contribution in [3.63, 3.8) is 0 Å². The van der Waals surface area contributed by atoms with Gasteiger partial charge in [-0.1, -0.05) is 18.2 Å². The Balaban J connectivity index is 1.57. The Labute approximate surface area is 142 Å². The van der Waals surface area contributed by atoms with Crippen molar-refractivity contribution in [1.82, 2.24) is 9.88 Å². The van der Waals surface area contributed by atoms with Crippen molar-refractivity contribution in [2.45, 2.75) is 37.7 Å². The number of rotatable bonds is 3. The summed E-state index contributed by atoms with van der Waals surface area (Å²) in [6, 6.07) is 9.51. The summed E-state index contributed by atoms with van der Waals surface area (Å²) < 4.78 is 41.3. The monoisotopic (exact) mass is 348 g/mol. The number of amides is 1. The Morgan fingerprint density at radius 3 is 2.64 bits per heavy atom. The van der Waals surface area contributed by atoms with Gasteiger partial charge in [0.2, 0.25) is 5.91 Å². The van der Waals surface area contributed by atoms with E-state index in [1.165, 1.54) is 18.2 Å². The number of pyridine rings is 1. The van der Waals surface area contributed by atoms with Crippen LogP contribution < -0.4 is 4.74 Å². The second-order valence-corrected chi connectivity index (χ2v) is 6.43. The van der Waals surface area contributed by atoms with Gasteiger partial charge in [0, 0.05) is 12.7 Å². The Bertz CT molecular complexity index is 806. The van der Waals surface area contributed by atoms with E-state index in [9.17, 15) is 18.0 Å². The highest BCUT2D eigenvalue weighted by molar-refractivity contribution is 5.91. The minimum atomic E-state index is -4.75. The summed E-state index contributed by atoms with van der Waals surface area (Å²) in [5, 5.41) is 0. The SMILES string of the molecule is O=C(N1Cc2cccnc2C1)C1(c2cccc(OC(F)(F)F)c2)CC1. The van der Waals surface area contributed by atoms with Gasteiger partial charge in [0.15, 0.2) is 0 Å². The lowest BCUT2D eigenvalue weighted by atomic mass is 9.94. The molecule has 25 heavy (non-hydrogen) atoms. The fraction of sp³-hybridized carbons (Fsp3) is 0.333. The molecule has 0 radical (unpaired) electrons. The third-order valence-corrected chi connectivity index (χ3v) is 4.75. The molecular weight excluding hydrogens is 333 g/mol. The minimum absolute atomic E-state index is 0.0605. The fourth-order valence-corrected chi connectivity index (χ4v) is 3.39. The van der Waals surface area contributed by atoms with E-state index in [1.807, 2.05) is 12.1 Å². The summed E-state index contributed by atoms with van der Waals surface area (Å²) in [7, 11) is 0. The minimum Gasteiger partial charge on any atom is -0.406 e. The number of carbonyl (C=O) groups is 1. The first-order valence-corrected chi connectivity index (χ1v) is 7.96. The zero-order valence-corrected chi connectivity index (χ0v) is 13.2. The molecule has 1 aromatic heterocycles. The Hall–Kier alpha value is -2.57. The van der Waals surface area contributed by atoms with Gasteiger partial charge in [0.1, 0.15) is 5.75 Å². The summed E-state index contributed by atoms with van der Waals surface area (Å²) >= 11 is 0. The van der Waals surface area contributed by atoms with Crippen LogP contribution in [0, 0.1) is 0 Å². The maximum absolute atomic E-state index is 13.0. The molecule has 0 bridgehead atoms. The van der Waals surface area contributed by atoms with Gasteiger partial charge in [0.05, 0.1) is 17.7 Å². The third kappa shape index (κ3) is 2.94. The molecule has 2 aromatic rings. The van der Waals surface area contributed by atoms with Gasteiger partial charge in [-0.2, -0.15) is 0 Å². The van der Waals surface area contributed by atoms with E-state index in [-0.39, 0.29) is 11.7 Å². The molecule has 1 aliphatic heterocycles. The van der Waals surface area contributed by atoms with Crippen LogP contribution in [-0.4, -0.2) is 22.2 Å². The third-order valence-electron chi connectivity index (χ3n) is 4.75. The van der Waals surface area contributed by atoms with Crippen LogP contribution in [-0.2, 0) is 23.3 Å². The first-order chi connectivity index (χ1) is 11.9. The van der Waals surface area contributed by atoms with E-state index in [4.69, 9.17) is 0 Å². The largest absolute Gasteiger partial charge is 0.573 e. The molecule has 1 aliphatic carbocycles. The smallest absolute Gasteiger partial charge is 0.406 e. The highest BCUT2D eigenvalue weighted by atomic mass is 19.4. The fourth-order valence-electron chi connectivity index (χ4n) is 3.39. The molecule has 0 spiro atoms. The Kier molecular flexibility index (Phi) is 3.49. The van der Waals surface area contributed by atoms with Crippen molar-refractivity contribution in [2.24, 2.45) is 0 Å². The van der Waals surface area contributed by atoms with Crippen molar-refractivity contribution in [3.05, 3.63) is 59.4 Å². The summed E-state index contributed by atoms with van der Waals surface area (Å²) in [6.07, 6.45) is -1.80. The lowest BCUT2D eigenvalue weighted by Gasteiger charge is -2.23. The second kappa shape index (κ2) is 5.47. The molecule has 4 rings (SSSR count). The topological polar surface area (TPSA) is 42.4 Å². The summed E-state index contributed by atoms with van der Waals surface area (Å²) in [4.78, 5) is 19.0. The molecule has 0 unspecified atom stereocenters. The molecule has 1 amide bonds. The van der Waals surface area contributed by atoms with Crippen LogP contribution in [0.25, 0.3) is 0 Å². The second-order valence-electron chi connectivity index (χ2n) is 6.43. The van der Waals surface area contributed by atoms with Gasteiger partial charge in [-0.25, -0.2) is 0 Å². The predicted octanol–water partition coefficient (Wildman–Crippen LogP) is 3.55. The molecule has 0 saturated heterocycles. The van der Waals surface area contributed by atoms with Crippen LogP contribution >= 0.6 is 0 Å². The first-order valence-electron chi connectivity index (χ1n) is 7.96. The van der Waals surface area contributed by atoms with E-state index in [2.05, 4.69) is 9.72 Å². The lowest BCUT2D eigenvalue weighted by molar-refractivity contribution is -0.274. The number of hydrogen-bond acceptors (Lipinski definition) is 3. The maximum atomic E-state index is 13.0. The summed E-state index contributed by atoms with van der Waals surface area (Å²) in [5.41, 5.74) is 1.72. The number of nitrogens with zero attached hydrogens (tertiary/aromatic N) is 2. The highest BCUT2D eigenvalue weighted by Gasteiger charge is 2.53. The van der Waals surface area contributed by atoms with Gasteiger partial charge in [-0.3, -0.25) is 9.78 Å². The quantitative estimate of drug-likeness (QED) is 0.852. The van der Waals surface area contributed by atoms with E-state index in [0.29, 0.717) is 31.5 Å². The average molecular weight is 348 g/mol. The molecule has 0 atom stereocenters. The zero-order chi connectivity index (χ0) is 17.7. The van der Waals surface area contributed by atoms with Crippen LogP contribution in [0.1, 0.15) is 29.7 Å². The standard InChI is InChI=1S/C18H15F3N2O2/c19-18(20,21)25-14-5-1-4-13(9-14)17(6-7-17)16(24)23-10-12-3-2-8-22-15(12)11-23/h1-5,8-9H,6-7,10-11H2. The molecule has 2 heterocycles. The van der Waals surface area contributed by atoms with Crippen molar-refractivity contribution >= 4 is 5.91 Å². The van der Waals surface area contributed by atoms with Crippen molar-refractivity contribution in [1.29, 1.82) is 0 Å².